The molecular weight excluding hydrogens is 353 g/mol. The van der Waals surface area contributed by atoms with Crippen LogP contribution in [0.4, 0.5) is 9.18 Å². The predicted molar refractivity (Wildman–Crippen MR) is 93.0 cm³/mol. The number of halogens is 1. The van der Waals surface area contributed by atoms with Crippen molar-refractivity contribution in [1.29, 1.82) is 0 Å². The summed E-state index contributed by atoms with van der Waals surface area (Å²) in [5.74, 6) is -0.801. The highest BCUT2D eigenvalue weighted by Crippen LogP contribution is 2.30. The largest absolute Gasteiger partial charge is 0.381 e. The van der Waals surface area contributed by atoms with Crippen LogP contribution in [0.25, 0.3) is 0 Å². The Labute approximate surface area is 156 Å². The number of nitrogens with one attached hydrogen (secondary N) is 1. The number of nitrogens with zero attached hydrogens (tertiary/aromatic N) is 2. The minimum atomic E-state index is -0.856. The molecule has 1 unspecified atom stereocenters. The lowest BCUT2D eigenvalue weighted by Crippen LogP contribution is -2.51. The molecule has 7 nitrogen and oxygen atoms in total. The van der Waals surface area contributed by atoms with Gasteiger partial charge in [-0.1, -0.05) is 18.2 Å². The molecule has 0 aliphatic carbocycles. The second-order valence-electron chi connectivity index (χ2n) is 7.48. The first-order chi connectivity index (χ1) is 13.0. The van der Waals surface area contributed by atoms with Crippen LogP contribution in [0.2, 0.25) is 0 Å². The van der Waals surface area contributed by atoms with Crippen LogP contribution in [0.3, 0.4) is 0 Å². The number of benzene rings is 1. The first-order valence-corrected chi connectivity index (χ1v) is 9.21. The normalized spacial score (nSPS) is 24.8. The maximum Gasteiger partial charge on any atom is 0.325 e. The first-order valence-electron chi connectivity index (χ1n) is 9.21. The quantitative estimate of drug-likeness (QED) is 0.804. The van der Waals surface area contributed by atoms with E-state index >= 15 is 0 Å². The average Bonchev–Trinajstić information content (AvgIpc) is 3.10. The molecule has 4 rings (SSSR count). The molecule has 8 heteroatoms. The number of rotatable bonds is 4. The van der Waals surface area contributed by atoms with Gasteiger partial charge in [0.2, 0.25) is 5.91 Å². The third kappa shape index (κ3) is 3.29. The molecule has 1 spiro atoms. The molecule has 144 valence electrons. The van der Waals surface area contributed by atoms with Crippen molar-refractivity contribution in [3.05, 3.63) is 35.6 Å². The highest BCUT2D eigenvalue weighted by molar-refractivity contribution is 6.07. The van der Waals surface area contributed by atoms with Gasteiger partial charge in [-0.3, -0.25) is 14.5 Å². The van der Waals surface area contributed by atoms with Gasteiger partial charge >= 0.3 is 6.03 Å². The highest BCUT2D eigenvalue weighted by atomic mass is 19.1. The number of hydrogen-bond acceptors (Lipinski definition) is 4. The Hall–Kier alpha value is -2.48. The summed E-state index contributed by atoms with van der Waals surface area (Å²) in [6.07, 6.45) is 1.19. The zero-order chi connectivity index (χ0) is 19.0. The van der Waals surface area contributed by atoms with Gasteiger partial charge < -0.3 is 15.0 Å². The van der Waals surface area contributed by atoms with Crippen LogP contribution in [0.15, 0.2) is 24.3 Å². The molecule has 0 aromatic heterocycles. The molecule has 3 aliphatic rings. The van der Waals surface area contributed by atoms with E-state index in [0.717, 1.165) is 0 Å². The van der Waals surface area contributed by atoms with Crippen molar-refractivity contribution >= 4 is 17.8 Å². The molecule has 1 atom stereocenters. The van der Waals surface area contributed by atoms with Crippen molar-refractivity contribution in [2.45, 2.75) is 31.3 Å². The Balaban J connectivity index is 1.40. The lowest BCUT2D eigenvalue weighted by molar-refractivity contribution is -0.135. The van der Waals surface area contributed by atoms with E-state index in [1.807, 2.05) is 0 Å². The number of amides is 4. The van der Waals surface area contributed by atoms with Crippen LogP contribution < -0.4 is 5.32 Å². The Morgan fingerprint density at radius 1 is 1.19 bits per heavy atom. The highest BCUT2D eigenvalue weighted by Gasteiger charge is 2.52. The molecule has 3 heterocycles. The minimum Gasteiger partial charge on any atom is -0.381 e. The lowest BCUT2D eigenvalue weighted by Gasteiger charge is -2.30. The topological polar surface area (TPSA) is 79.0 Å². The molecule has 3 fully saturated rings. The van der Waals surface area contributed by atoms with Gasteiger partial charge in [-0.2, -0.15) is 0 Å². The molecule has 1 aromatic carbocycles. The molecule has 1 aromatic rings. The molecule has 1 N–H and O–H groups in total. The van der Waals surface area contributed by atoms with Gasteiger partial charge in [0.1, 0.15) is 11.4 Å². The smallest absolute Gasteiger partial charge is 0.325 e. The van der Waals surface area contributed by atoms with Crippen LogP contribution in [0.5, 0.6) is 0 Å². The number of urea groups is 1. The summed E-state index contributed by atoms with van der Waals surface area (Å²) in [5.41, 5.74) is -0.396. The van der Waals surface area contributed by atoms with Gasteiger partial charge in [0.25, 0.3) is 5.91 Å². The average molecular weight is 375 g/mol. The van der Waals surface area contributed by atoms with E-state index in [1.54, 1.807) is 23.1 Å². The van der Waals surface area contributed by atoms with Gasteiger partial charge in [0, 0.05) is 63.6 Å². The second-order valence-corrected chi connectivity index (χ2v) is 7.48. The Kier molecular flexibility index (Phi) is 4.59. The Bertz CT molecular complexity index is 778. The Morgan fingerprint density at radius 2 is 1.93 bits per heavy atom. The van der Waals surface area contributed by atoms with Gasteiger partial charge in [0.05, 0.1) is 0 Å². The summed E-state index contributed by atoms with van der Waals surface area (Å²) >= 11 is 0. The van der Waals surface area contributed by atoms with E-state index in [9.17, 15) is 18.8 Å². The van der Waals surface area contributed by atoms with Crippen molar-refractivity contribution in [3.63, 3.8) is 0 Å². The summed E-state index contributed by atoms with van der Waals surface area (Å²) < 4.78 is 19.1. The SMILES string of the molecule is O=C1CC(CN2C(=O)NC3(CCOCC3)C2=O)CN1Cc1ccccc1F. The number of carbonyl (C=O) groups is 3. The molecule has 3 saturated heterocycles. The van der Waals surface area contributed by atoms with Crippen LogP contribution in [-0.4, -0.2) is 59.5 Å². The van der Waals surface area contributed by atoms with E-state index in [4.69, 9.17) is 4.74 Å². The van der Waals surface area contributed by atoms with Crippen molar-refractivity contribution < 1.29 is 23.5 Å². The molecule has 27 heavy (non-hydrogen) atoms. The summed E-state index contributed by atoms with van der Waals surface area (Å²) in [5, 5.41) is 2.82. The summed E-state index contributed by atoms with van der Waals surface area (Å²) in [6.45, 7) is 1.69. The monoisotopic (exact) mass is 375 g/mol. The molecular formula is C19H22FN3O4. The number of hydrogen-bond donors (Lipinski definition) is 1. The van der Waals surface area contributed by atoms with Crippen molar-refractivity contribution in [3.8, 4) is 0 Å². The van der Waals surface area contributed by atoms with Crippen LogP contribution in [0, 0.1) is 11.7 Å². The minimum absolute atomic E-state index is 0.0870. The fourth-order valence-corrected chi connectivity index (χ4v) is 4.12. The fourth-order valence-electron chi connectivity index (χ4n) is 4.12. The lowest BCUT2D eigenvalue weighted by atomic mass is 9.90. The number of likely N-dealkylation sites (tertiary alicyclic amines) is 1. The van der Waals surface area contributed by atoms with Crippen molar-refractivity contribution in [2.24, 2.45) is 5.92 Å². The van der Waals surface area contributed by atoms with Crippen molar-refractivity contribution in [1.82, 2.24) is 15.1 Å². The molecule has 4 amide bonds. The molecule has 0 bridgehead atoms. The molecule has 3 aliphatic heterocycles. The second kappa shape index (κ2) is 6.92. The summed E-state index contributed by atoms with van der Waals surface area (Å²) in [4.78, 5) is 40.3. The van der Waals surface area contributed by atoms with Gasteiger partial charge in [-0.15, -0.1) is 0 Å². The van der Waals surface area contributed by atoms with E-state index in [1.165, 1.54) is 11.0 Å². The number of carbonyl (C=O) groups excluding carboxylic acids is 3. The maximum atomic E-state index is 13.8. The third-order valence-electron chi connectivity index (χ3n) is 5.65. The van der Waals surface area contributed by atoms with Gasteiger partial charge in [0.15, 0.2) is 0 Å². The maximum absolute atomic E-state index is 13.8. The first kappa shape index (κ1) is 17.9. The van der Waals surface area contributed by atoms with E-state index < -0.39 is 11.6 Å². The molecule has 0 saturated carbocycles. The predicted octanol–water partition coefficient (Wildman–Crippen LogP) is 1.28. The van der Waals surface area contributed by atoms with Crippen molar-refractivity contribution in [2.75, 3.05) is 26.3 Å². The number of ether oxygens (including phenoxy) is 1. The van der Waals surface area contributed by atoms with E-state index in [2.05, 4.69) is 5.32 Å². The third-order valence-corrected chi connectivity index (χ3v) is 5.65. The van der Waals surface area contributed by atoms with Crippen LogP contribution in [0.1, 0.15) is 24.8 Å². The van der Waals surface area contributed by atoms with E-state index in [-0.39, 0.29) is 43.1 Å². The fraction of sp³-hybridized carbons (Fsp3) is 0.526. The zero-order valence-corrected chi connectivity index (χ0v) is 14.9. The Morgan fingerprint density at radius 3 is 2.67 bits per heavy atom. The summed E-state index contributed by atoms with van der Waals surface area (Å²) in [6, 6.07) is 5.96. The van der Waals surface area contributed by atoms with E-state index in [0.29, 0.717) is 38.2 Å². The standard InChI is InChI=1S/C19H22FN3O4/c20-15-4-2-1-3-14(15)12-22-10-13(9-16(22)24)11-23-17(25)19(21-18(23)26)5-7-27-8-6-19/h1-4,13H,5-12H2,(H,21,26). The van der Waals surface area contributed by atoms with Crippen LogP contribution >= 0.6 is 0 Å². The number of imide groups is 1. The summed E-state index contributed by atoms with van der Waals surface area (Å²) in [7, 11) is 0. The zero-order valence-electron chi connectivity index (χ0n) is 14.9. The molecule has 0 radical (unpaired) electrons. The van der Waals surface area contributed by atoms with Gasteiger partial charge in [-0.05, 0) is 6.07 Å². The van der Waals surface area contributed by atoms with Crippen LogP contribution in [-0.2, 0) is 20.9 Å². The van der Waals surface area contributed by atoms with Gasteiger partial charge in [-0.25, -0.2) is 9.18 Å².